The average Bonchev–Trinajstić information content (AvgIpc) is 2.61. The Bertz CT molecular complexity index is 200. The molecule has 0 saturated carbocycles. The van der Waals surface area contributed by atoms with Crippen LogP contribution < -0.4 is 0 Å². The largest absolute Gasteiger partial charge is 0.397 e. The Balaban J connectivity index is 0. The molecule has 0 fully saturated rings. The predicted molar refractivity (Wildman–Crippen MR) is 116 cm³/mol. The zero-order valence-electron chi connectivity index (χ0n) is 18.0. The lowest BCUT2D eigenvalue weighted by molar-refractivity contribution is 0.318. The number of aliphatic hydroxyl groups is 1. The second-order valence-electron chi connectivity index (χ2n) is 7.31. The summed E-state index contributed by atoms with van der Waals surface area (Å²) in [5.41, 5.74) is 0. The standard InChI is InChI=1S/C22H44.C2H6O/c1-3-5-7-9-11-13-15-17-19-21-22-20-18-16-14-12-10-8-6-4-2;1-2-3/h21-22H,3-20H2,1-2H3;3H,2H2,1H3/b22-21+;. The number of aliphatic hydroxyl groups excluding tert-OH is 1. The molecule has 1 nitrogen and oxygen atoms in total. The summed E-state index contributed by atoms with van der Waals surface area (Å²) in [6, 6.07) is 0. The first-order valence-corrected chi connectivity index (χ1v) is 11.6. The molecular formula is C24H50O. The summed E-state index contributed by atoms with van der Waals surface area (Å²) < 4.78 is 0. The van der Waals surface area contributed by atoms with Crippen LogP contribution in [-0.2, 0) is 0 Å². The van der Waals surface area contributed by atoms with E-state index in [0.29, 0.717) is 0 Å². The third-order valence-electron chi connectivity index (χ3n) is 4.62. The second kappa shape index (κ2) is 28.5. The van der Waals surface area contributed by atoms with Gasteiger partial charge in [-0.2, -0.15) is 0 Å². The Morgan fingerprint density at radius 3 is 0.960 bits per heavy atom. The van der Waals surface area contributed by atoms with Crippen molar-refractivity contribution in [3.05, 3.63) is 12.2 Å². The van der Waals surface area contributed by atoms with Gasteiger partial charge in [0, 0.05) is 6.61 Å². The molecule has 0 aromatic carbocycles. The van der Waals surface area contributed by atoms with Crippen LogP contribution in [-0.4, -0.2) is 11.7 Å². The maximum Gasteiger partial charge on any atom is 0.0402 e. The van der Waals surface area contributed by atoms with Crippen molar-refractivity contribution in [3.8, 4) is 0 Å². The van der Waals surface area contributed by atoms with Gasteiger partial charge >= 0.3 is 0 Å². The van der Waals surface area contributed by atoms with Crippen molar-refractivity contribution in [2.24, 2.45) is 0 Å². The Morgan fingerprint density at radius 1 is 0.440 bits per heavy atom. The monoisotopic (exact) mass is 354 g/mol. The molecule has 25 heavy (non-hydrogen) atoms. The molecule has 0 aromatic rings. The third kappa shape index (κ3) is 31.9. The summed E-state index contributed by atoms with van der Waals surface area (Å²) in [7, 11) is 0. The third-order valence-corrected chi connectivity index (χ3v) is 4.62. The highest BCUT2D eigenvalue weighted by Crippen LogP contribution is 2.11. The van der Waals surface area contributed by atoms with Crippen LogP contribution in [0, 0.1) is 0 Å². The number of rotatable bonds is 18. The van der Waals surface area contributed by atoms with Gasteiger partial charge in [0.25, 0.3) is 0 Å². The van der Waals surface area contributed by atoms with Gasteiger partial charge in [0.15, 0.2) is 0 Å². The smallest absolute Gasteiger partial charge is 0.0402 e. The van der Waals surface area contributed by atoms with Crippen molar-refractivity contribution in [1.29, 1.82) is 0 Å². The van der Waals surface area contributed by atoms with Crippen LogP contribution in [0.3, 0.4) is 0 Å². The second-order valence-corrected chi connectivity index (χ2v) is 7.31. The minimum absolute atomic E-state index is 0.250. The van der Waals surface area contributed by atoms with E-state index in [1.165, 1.54) is 116 Å². The molecule has 1 heteroatoms. The molecule has 152 valence electrons. The van der Waals surface area contributed by atoms with Gasteiger partial charge in [0.2, 0.25) is 0 Å². The number of unbranched alkanes of at least 4 members (excludes halogenated alkanes) is 16. The first kappa shape index (κ1) is 26.9. The van der Waals surface area contributed by atoms with Crippen molar-refractivity contribution in [2.45, 2.75) is 136 Å². The van der Waals surface area contributed by atoms with Crippen molar-refractivity contribution >= 4 is 0 Å². The Kier molecular flexibility index (Phi) is 30.7. The molecule has 0 unspecified atom stereocenters. The van der Waals surface area contributed by atoms with Crippen molar-refractivity contribution in [3.63, 3.8) is 0 Å². The van der Waals surface area contributed by atoms with Crippen LogP contribution in [0.4, 0.5) is 0 Å². The van der Waals surface area contributed by atoms with Gasteiger partial charge in [-0.15, -0.1) is 0 Å². The van der Waals surface area contributed by atoms with Crippen LogP contribution in [0.1, 0.15) is 136 Å². The molecule has 0 heterocycles. The fraction of sp³-hybridized carbons (Fsp3) is 0.917. The van der Waals surface area contributed by atoms with Crippen LogP contribution in [0.2, 0.25) is 0 Å². The van der Waals surface area contributed by atoms with E-state index in [-0.39, 0.29) is 6.61 Å². The average molecular weight is 355 g/mol. The van der Waals surface area contributed by atoms with Gasteiger partial charge in [-0.05, 0) is 32.6 Å². The van der Waals surface area contributed by atoms with E-state index in [1.54, 1.807) is 6.92 Å². The fourth-order valence-electron chi connectivity index (χ4n) is 3.03. The molecule has 1 N–H and O–H groups in total. The van der Waals surface area contributed by atoms with E-state index in [0.717, 1.165) is 0 Å². The van der Waals surface area contributed by atoms with Crippen LogP contribution >= 0.6 is 0 Å². The molecule has 0 aliphatic heterocycles. The molecule has 0 aliphatic rings. The first-order chi connectivity index (χ1) is 12.3. The fourth-order valence-corrected chi connectivity index (χ4v) is 3.03. The van der Waals surface area contributed by atoms with E-state index < -0.39 is 0 Å². The van der Waals surface area contributed by atoms with Gasteiger partial charge in [0.1, 0.15) is 0 Å². The lowest BCUT2D eigenvalue weighted by Crippen LogP contribution is -1.80. The van der Waals surface area contributed by atoms with E-state index in [1.807, 2.05) is 0 Å². The summed E-state index contributed by atoms with van der Waals surface area (Å²) >= 11 is 0. The highest BCUT2D eigenvalue weighted by molar-refractivity contribution is 4.81. The lowest BCUT2D eigenvalue weighted by atomic mass is 10.1. The highest BCUT2D eigenvalue weighted by Gasteiger charge is 1.91. The quantitative estimate of drug-likeness (QED) is 0.193. The predicted octanol–water partition coefficient (Wildman–Crippen LogP) is 8.60. The van der Waals surface area contributed by atoms with E-state index >= 15 is 0 Å². The summed E-state index contributed by atoms with van der Waals surface area (Å²) in [6.45, 7) is 6.51. The molecule has 0 radical (unpaired) electrons. The maximum absolute atomic E-state index is 7.57. The molecular weight excluding hydrogens is 304 g/mol. The molecule has 0 saturated heterocycles. The van der Waals surface area contributed by atoms with E-state index in [2.05, 4.69) is 26.0 Å². The number of hydrogen-bond donors (Lipinski definition) is 1. The SMILES string of the molecule is CCCCCCCCCC/C=C/CCCCCCCCCC.CCO. The molecule has 0 aromatic heterocycles. The molecule has 0 atom stereocenters. The van der Waals surface area contributed by atoms with Gasteiger partial charge in [-0.3, -0.25) is 0 Å². The molecule has 0 amide bonds. The first-order valence-electron chi connectivity index (χ1n) is 11.6. The summed E-state index contributed by atoms with van der Waals surface area (Å²) in [5.74, 6) is 0. The van der Waals surface area contributed by atoms with Gasteiger partial charge in [-0.25, -0.2) is 0 Å². The minimum atomic E-state index is 0.250. The number of hydrogen-bond acceptors (Lipinski definition) is 1. The minimum Gasteiger partial charge on any atom is -0.397 e. The Hall–Kier alpha value is -0.300. The highest BCUT2D eigenvalue weighted by atomic mass is 16.2. The van der Waals surface area contributed by atoms with Crippen LogP contribution in [0.5, 0.6) is 0 Å². The summed E-state index contributed by atoms with van der Waals surface area (Å²) in [4.78, 5) is 0. The van der Waals surface area contributed by atoms with Crippen LogP contribution in [0.25, 0.3) is 0 Å². The molecule has 0 bridgehead atoms. The van der Waals surface area contributed by atoms with Crippen LogP contribution in [0.15, 0.2) is 12.2 Å². The number of allylic oxidation sites excluding steroid dienone is 2. The van der Waals surface area contributed by atoms with Gasteiger partial charge in [0.05, 0.1) is 0 Å². The molecule has 0 rings (SSSR count). The zero-order valence-corrected chi connectivity index (χ0v) is 18.0. The zero-order chi connectivity index (χ0) is 18.8. The normalized spacial score (nSPS) is 10.9. The summed E-state index contributed by atoms with van der Waals surface area (Å²) in [5, 5.41) is 7.57. The van der Waals surface area contributed by atoms with E-state index in [9.17, 15) is 0 Å². The van der Waals surface area contributed by atoms with Gasteiger partial charge < -0.3 is 5.11 Å². The van der Waals surface area contributed by atoms with Crippen molar-refractivity contribution < 1.29 is 5.11 Å². The molecule has 0 aliphatic carbocycles. The topological polar surface area (TPSA) is 20.2 Å². The van der Waals surface area contributed by atoms with Crippen molar-refractivity contribution in [2.75, 3.05) is 6.61 Å². The Labute approximate surface area is 160 Å². The van der Waals surface area contributed by atoms with Crippen molar-refractivity contribution in [1.82, 2.24) is 0 Å². The maximum atomic E-state index is 7.57. The van der Waals surface area contributed by atoms with E-state index in [4.69, 9.17) is 5.11 Å². The van der Waals surface area contributed by atoms with Gasteiger partial charge in [-0.1, -0.05) is 116 Å². The molecule has 0 spiro atoms. The Morgan fingerprint density at radius 2 is 0.680 bits per heavy atom. The summed E-state index contributed by atoms with van der Waals surface area (Å²) in [6.07, 6.45) is 30.4. The lowest BCUT2D eigenvalue weighted by Gasteiger charge is -2.00.